The average Bonchev–Trinajstić information content (AvgIpc) is 3.04. The second-order valence-corrected chi connectivity index (χ2v) is 7.33. The molecular formula is C15H14NO3S2-. The third-order valence-corrected chi connectivity index (χ3v) is 5.73. The van der Waals surface area contributed by atoms with Crippen LogP contribution in [0.25, 0.3) is 0 Å². The normalized spacial score (nSPS) is 17.3. The quantitative estimate of drug-likeness (QED) is 0.945. The van der Waals surface area contributed by atoms with Crippen molar-refractivity contribution in [3.63, 3.8) is 0 Å². The Labute approximate surface area is 130 Å². The lowest BCUT2D eigenvalue weighted by Gasteiger charge is -2.19. The van der Waals surface area contributed by atoms with Gasteiger partial charge in [0.25, 0.3) is 5.91 Å². The highest BCUT2D eigenvalue weighted by Crippen LogP contribution is 2.39. The minimum Gasteiger partial charge on any atom is -0.545 e. The molecule has 2 aromatic heterocycles. The van der Waals surface area contributed by atoms with Gasteiger partial charge in [-0.2, -0.15) is 0 Å². The minimum atomic E-state index is -1.21. The summed E-state index contributed by atoms with van der Waals surface area (Å²) >= 11 is 2.70. The zero-order valence-electron chi connectivity index (χ0n) is 11.5. The fourth-order valence-electron chi connectivity index (χ4n) is 2.63. The molecule has 21 heavy (non-hydrogen) atoms. The van der Waals surface area contributed by atoms with Gasteiger partial charge in [-0.05, 0) is 42.2 Å². The van der Waals surface area contributed by atoms with Crippen LogP contribution in [0.4, 0.5) is 5.00 Å². The number of fused-ring (bicyclic) bond motifs is 1. The van der Waals surface area contributed by atoms with E-state index in [4.69, 9.17) is 0 Å². The Morgan fingerprint density at radius 2 is 2.24 bits per heavy atom. The molecule has 4 nitrogen and oxygen atoms in total. The first kappa shape index (κ1) is 14.3. The second-order valence-electron chi connectivity index (χ2n) is 5.27. The van der Waals surface area contributed by atoms with E-state index in [1.54, 1.807) is 12.1 Å². The average molecular weight is 320 g/mol. The second kappa shape index (κ2) is 5.61. The first-order valence-electron chi connectivity index (χ1n) is 6.77. The van der Waals surface area contributed by atoms with Crippen LogP contribution in [0.2, 0.25) is 0 Å². The van der Waals surface area contributed by atoms with Gasteiger partial charge in [0.1, 0.15) is 5.00 Å². The number of hydrogen-bond acceptors (Lipinski definition) is 5. The predicted octanol–water partition coefficient (Wildman–Crippen LogP) is 2.55. The molecule has 0 bridgehead atoms. The summed E-state index contributed by atoms with van der Waals surface area (Å²) in [6.45, 7) is 2.16. The number of hydrogen-bond donors (Lipinski definition) is 1. The third kappa shape index (κ3) is 2.73. The predicted molar refractivity (Wildman–Crippen MR) is 82.1 cm³/mol. The van der Waals surface area contributed by atoms with E-state index in [0.29, 0.717) is 15.8 Å². The highest BCUT2D eigenvalue weighted by molar-refractivity contribution is 7.17. The molecule has 0 radical (unpaired) electrons. The number of rotatable bonds is 3. The van der Waals surface area contributed by atoms with Crippen molar-refractivity contribution in [2.45, 2.75) is 26.2 Å². The summed E-state index contributed by atoms with van der Waals surface area (Å²) in [5, 5.41) is 16.4. The van der Waals surface area contributed by atoms with Crippen molar-refractivity contribution in [3.8, 4) is 0 Å². The molecule has 6 heteroatoms. The van der Waals surface area contributed by atoms with Gasteiger partial charge >= 0.3 is 0 Å². The van der Waals surface area contributed by atoms with E-state index in [1.165, 1.54) is 22.7 Å². The van der Waals surface area contributed by atoms with Crippen LogP contribution in [0, 0.1) is 5.92 Å². The standard InChI is InChI=1S/C15H15NO3S2/c1-8-4-5-9-11(7-8)21-14(12(9)15(18)19)16-13(17)10-3-2-6-20-10/h2-3,6,8H,4-5,7H2,1H3,(H,16,17)(H,18,19)/p-1. The van der Waals surface area contributed by atoms with Crippen molar-refractivity contribution >= 4 is 39.6 Å². The molecule has 0 aliphatic heterocycles. The summed E-state index contributed by atoms with van der Waals surface area (Å²) in [5.41, 5.74) is 1.02. The number of carboxylic acid groups (broad SMARTS) is 1. The molecule has 0 spiro atoms. The molecule has 0 aromatic carbocycles. The first-order valence-corrected chi connectivity index (χ1v) is 8.46. The number of amides is 1. The lowest BCUT2D eigenvalue weighted by atomic mass is 9.88. The molecule has 1 atom stereocenters. The monoisotopic (exact) mass is 320 g/mol. The Morgan fingerprint density at radius 3 is 2.90 bits per heavy atom. The van der Waals surface area contributed by atoms with E-state index in [1.807, 2.05) is 5.38 Å². The Morgan fingerprint density at radius 1 is 1.43 bits per heavy atom. The zero-order valence-corrected chi connectivity index (χ0v) is 13.1. The Bertz CT molecular complexity index is 688. The van der Waals surface area contributed by atoms with E-state index in [9.17, 15) is 14.7 Å². The summed E-state index contributed by atoms with van der Waals surface area (Å²) in [4.78, 5) is 25.2. The van der Waals surface area contributed by atoms with Gasteiger partial charge in [-0.1, -0.05) is 13.0 Å². The van der Waals surface area contributed by atoms with Gasteiger partial charge in [0.15, 0.2) is 0 Å². The lowest BCUT2D eigenvalue weighted by molar-refractivity contribution is -0.254. The summed E-state index contributed by atoms with van der Waals surface area (Å²) in [6.07, 6.45) is 2.59. The molecule has 3 rings (SSSR count). The van der Waals surface area contributed by atoms with Crippen LogP contribution in [-0.4, -0.2) is 11.9 Å². The Kier molecular flexibility index (Phi) is 3.82. The molecule has 2 aromatic rings. The van der Waals surface area contributed by atoms with Crippen molar-refractivity contribution in [3.05, 3.63) is 38.4 Å². The van der Waals surface area contributed by atoms with Crippen molar-refractivity contribution in [2.24, 2.45) is 5.92 Å². The maximum Gasteiger partial charge on any atom is 0.266 e. The first-order chi connectivity index (χ1) is 10.1. The van der Waals surface area contributed by atoms with Gasteiger partial charge in [-0.3, -0.25) is 4.79 Å². The fraction of sp³-hybridized carbons (Fsp3) is 0.333. The zero-order chi connectivity index (χ0) is 15.0. The van der Waals surface area contributed by atoms with Crippen LogP contribution < -0.4 is 10.4 Å². The van der Waals surface area contributed by atoms with Crippen molar-refractivity contribution < 1.29 is 14.7 Å². The number of carbonyl (C=O) groups excluding carboxylic acids is 2. The Hall–Kier alpha value is -1.66. The Balaban J connectivity index is 1.95. The fourth-order valence-corrected chi connectivity index (χ4v) is 4.64. The van der Waals surface area contributed by atoms with Gasteiger partial charge in [-0.15, -0.1) is 22.7 Å². The van der Waals surface area contributed by atoms with E-state index in [0.717, 1.165) is 29.7 Å². The number of anilines is 1. The van der Waals surface area contributed by atoms with Crippen LogP contribution in [0.1, 0.15) is 43.8 Å². The number of nitrogens with one attached hydrogen (secondary N) is 1. The molecule has 110 valence electrons. The minimum absolute atomic E-state index is 0.173. The SMILES string of the molecule is CC1CCc2c(sc(NC(=O)c3cccs3)c2C(=O)[O-])C1. The summed E-state index contributed by atoms with van der Waals surface area (Å²) < 4.78 is 0. The number of aromatic carboxylic acids is 1. The molecule has 2 heterocycles. The van der Waals surface area contributed by atoms with Gasteiger partial charge < -0.3 is 15.2 Å². The van der Waals surface area contributed by atoms with Crippen LogP contribution in [-0.2, 0) is 12.8 Å². The topological polar surface area (TPSA) is 69.2 Å². The van der Waals surface area contributed by atoms with Crippen molar-refractivity contribution in [1.82, 2.24) is 0 Å². The molecule has 1 unspecified atom stereocenters. The van der Waals surface area contributed by atoms with Crippen molar-refractivity contribution in [1.29, 1.82) is 0 Å². The number of carboxylic acids is 1. The molecule has 1 N–H and O–H groups in total. The van der Waals surface area contributed by atoms with E-state index >= 15 is 0 Å². The maximum absolute atomic E-state index is 12.1. The molecule has 0 saturated heterocycles. The third-order valence-electron chi connectivity index (χ3n) is 3.69. The van der Waals surface area contributed by atoms with Crippen LogP contribution >= 0.6 is 22.7 Å². The molecule has 1 amide bonds. The van der Waals surface area contributed by atoms with Gasteiger partial charge in [0.05, 0.1) is 10.8 Å². The van der Waals surface area contributed by atoms with E-state index in [2.05, 4.69) is 12.2 Å². The van der Waals surface area contributed by atoms with Gasteiger partial charge in [-0.25, -0.2) is 0 Å². The maximum atomic E-state index is 12.1. The van der Waals surface area contributed by atoms with Crippen molar-refractivity contribution in [2.75, 3.05) is 5.32 Å². The molecule has 0 fully saturated rings. The largest absolute Gasteiger partial charge is 0.545 e. The van der Waals surface area contributed by atoms with E-state index in [-0.39, 0.29) is 11.5 Å². The summed E-state index contributed by atoms with van der Waals surface area (Å²) in [6, 6.07) is 3.51. The van der Waals surface area contributed by atoms with Crippen LogP contribution in [0.15, 0.2) is 17.5 Å². The highest BCUT2D eigenvalue weighted by atomic mass is 32.1. The molecule has 1 aliphatic rings. The smallest absolute Gasteiger partial charge is 0.266 e. The highest BCUT2D eigenvalue weighted by Gasteiger charge is 2.25. The summed E-state index contributed by atoms with van der Waals surface area (Å²) in [5.74, 6) is -0.922. The lowest BCUT2D eigenvalue weighted by Crippen LogP contribution is -2.26. The number of thiophene rings is 2. The molecule has 0 saturated carbocycles. The van der Waals surface area contributed by atoms with Gasteiger partial charge in [0, 0.05) is 10.4 Å². The molecular weight excluding hydrogens is 306 g/mol. The van der Waals surface area contributed by atoms with Crippen LogP contribution in [0.3, 0.4) is 0 Å². The van der Waals surface area contributed by atoms with Crippen LogP contribution in [0.5, 0.6) is 0 Å². The molecule has 1 aliphatic carbocycles. The number of carbonyl (C=O) groups is 2. The van der Waals surface area contributed by atoms with Gasteiger partial charge in [0.2, 0.25) is 0 Å². The van der Waals surface area contributed by atoms with E-state index < -0.39 is 5.97 Å². The summed E-state index contributed by atoms with van der Waals surface area (Å²) in [7, 11) is 0.